The van der Waals surface area contributed by atoms with Crippen molar-refractivity contribution in [1.82, 2.24) is 15.2 Å². The van der Waals surface area contributed by atoms with E-state index in [0.29, 0.717) is 42.3 Å². The van der Waals surface area contributed by atoms with Crippen molar-refractivity contribution in [2.75, 3.05) is 19.7 Å². The molecule has 0 spiro atoms. The first-order chi connectivity index (χ1) is 14.9. The molecular weight excluding hydrogens is 405 g/mol. The van der Waals surface area contributed by atoms with Crippen molar-refractivity contribution in [3.05, 3.63) is 48.0 Å². The first-order valence-corrected chi connectivity index (χ1v) is 10.2. The Bertz CT molecular complexity index is 916. The lowest BCUT2D eigenvalue weighted by Crippen LogP contribution is -2.50. The Morgan fingerprint density at radius 3 is 2.58 bits per heavy atom. The van der Waals surface area contributed by atoms with Gasteiger partial charge >= 0.3 is 0 Å². The summed E-state index contributed by atoms with van der Waals surface area (Å²) in [4.78, 5) is 30.0. The Labute approximate surface area is 179 Å². The second kappa shape index (κ2) is 10.3. The van der Waals surface area contributed by atoms with Crippen LogP contribution in [-0.2, 0) is 16.1 Å². The summed E-state index contributed by atoms with van der Waals surface area (Å²) >= 11 is 0. The van der Waals surface area contributed by atoms with E-state index in [1.165, 1.54) is 17.0 Å². The van der Waals surface area contributed by atoms with Gasteiger partial charge < -0.3 is 25.2 Å². The molecule has 1 aliphatic rings. The maximum atomic E-state index is 13.5. The molecule has 1 aromatic heterocycles. The number of halogens is 1. The minimum atomic E-state index is -1.86. The molecule has 1 saturated heterocycles. The lowest BCUT2D eigenvalue weighted by Gasteiger charge is -2.22. The van der Waals surface area contributed by atoms with Crippen molar-refractivity contribution in [3.8, 4) is 16.9 Å². The maximum absolute atomic E-state index is 13.5. The molecule has 1 fully saturated rings. The molecule has 2 heterocycles. The van der Waals surface area contributed by atoms with E-state index < -0.39 is 29.8 Å². The number of benzene rings is 1. The molecule has 31 heavy (non-hydrogen) atoms. The molecule has 3 rings (SSSR count). The van der Waals surface area contributed by atoms with Crippen LogP contribution in [0.5, 0.6) is 5.75 Å². The highest BCUT2D eigenvalue weighted by Crippen LogP contribution is 2.30. The number of nitrogens with zero attached hydrogens (tertiary/aromatic N) is 2. The molecule has 9 heteroatoms. The van der Waals surface area contributed by atoms with E-state index >= 15 is 0 Å². The Balaban J connectivity index is 1.59. The molecule has 0 saturated carbocycles. The van der Waals surface area contributed by atoms with E-state index in [2.05, 4.69) is 10.3 Å². The zero-order valence-corrected chi connectivity index (χ0v) is 17.3. The van der Waals surface area contributed by atoms with Crippen LogP contribution in [0.1, 0.15) is 25.5 Å². The first-order valence-electron chi connectivity index (χ1n) is 10.2. The minimum absolute atomic E-state index is 0.00251. The molecule has 0 aliphatic carbocycles. The highest BCUT2D eigenvalue weighted by Gasteiger charge is 2.34. The van der Waals surface area contributed by atoms with Crippen molar-refractivity contribution < 1.29 is 28.9 Å². The van der Waals surface area contributed by atoms with Crippen LogP contribution in [0.4, 0.5) is 4.39 Å². The normalized spacial score (nSPS) is 15.4. The number of aromatic nitrogens is 1. The predicted octanol–water partition coefficient (Wildman–Crippen LogP) is 1.25. The van der Waals surface area contributed by atoms with Gasteiger partial charge in [0.05, 0.1) is 18.8 Å². The number of ether oxygens (including phenoxy) is 1. The molecule has 2 atom stereocenters. The number of aliphatic hydroxyl groups is 2. The zero-order chi connectivity index (χ0) is 22.4. The van der Waals surface area contributed by atoms with Crippen molar-refractivity contribution >= 4 is 11.8 Å². The highest BCUT2D eigenvalue weighted by molar-refractivity contribution is 5.90. The van der Waals surface area contributed by atoms with E-state index in [1.54, 1.807) is 24.4 Å². The van der Waals surface area contributed by atoms with E-state index in [9.17, 15) is 24.2 Å². The van der Waals surface area contributed by atoms with Crippen LogP contribution in [0.2, 0.25) is 0 Å². The van der Waals surface area contributed by atoms with Gasteiger partial charge in [0.2, 0.25) is 0 Å². The first kappa shape index (κ1) is 22.6. The number of carbonyl (C=O) groups is 2. The third-order valence-corrected chi connectivity index (χ3v) is 5.06. The number of pyridine rings is 1. The Hall–Kier alpha value is -3.04. The molecule has 0 unspecified atom stereocenters. The highest BCUT2D eigenvalue weighted by atomic mass is 19.1. The van der Waals surface area contributed by atoms with Crippen LogP contribution in [0.15, 0.2) is 36.5 Å². The Kier molecular flexibility index (Phi) is 7.54. The molecule has 0 bridgehead atoms. The van der Waals surface area contributed by atoms with E-state index in [-0.39, 0.29) is 6.54 Å². The lowest BCUT2D eigenvalue weighted by molar-refractivity contribution is -0.152. The lowest BCUT2D eigenvalue weighted by atomic mass is 10.1. The summed E-state index contributed by atoms with van der Waals surface area (Å²) in [6, 6.07) is 7.68. The molecule has 2 aromatic rings. The Morgan fingerprint density at radius 2 is 1.94 bits per heavy atom. The number of aliphatic hydroxyl groups excluding tert-OH is 2. The quantitative estimate of drug-likeness (QED) is 0.580. The Morgan fingerprint density at radius 1 is 1.19 bits per heavy atom. The third-order valence-electron chi connectivity index (χ3n) is 5.06. The van der Waals surface area contributed by atoms with Crippen LogP contribution >= 0.6 is 0 Å². The number of nitrogens with one attached hydrogen (secondary N) is 1. The van der Waals surface area contributed by atoms with Gasteiger partial charge in [0, 0.05) is 36.5 Å². The number of rotatable bonds is 8. The fourth-order valence-electron chi connectivity index (χ4n) is 3.38. The SMILES string of the molecule is CCOc1cc(F)ccc1-c1ccc(CNC(=O)[C@H](O)[C@@H](O)C(=O)N2CCCC2)nc1. The van der Waals surface area contributed by atoms with Crippen molar-refractivity contribution in [1.29, 1.82) is 0 Å². The summed E-state index contributed by atoms with van der Waals surface area (Å²) in [5.74, 6) is -1.50. The number of carbonyl (C=O) groups excluding carboxylic acids is 2. The summed E-state index contributed by atoms with van der Waals surface area (Å²) in [5, 5.41) is 22.5. The van der Waals surface area contributed by atoms with Crippen molar-refractivity contribution in [2.45, 2.75) is 38.5 Å². The van der Waals surface area contributed by atoms with Crippen molar-refractivity contribution in [2.24, 2.45) is 0 Å². The van der Waals surface area contributed by atoms with E-state index in [4.69, 9.17) is 4.74 Å². The van der Waals surface area contributed by atoms with Gasteiger partial charge in [-0.2, -0.15) is 0 Å². The number of hydrogen-bond acceptors (Lipinski definition) is 6. The van der Waals surface area contributed by atoms with Gasteiger partial charge in [0.15, 0.2) is 12.2 Å². The molecule has 3 N–H and O–H groups in total. The van der Waals surface area contributed by atoms with Crippen LogP contribution in [0, 0.1) is 5.82 Å². The minimum Gasteiger partial charge on any atom is -0.493 e. The van der Waals surface area contributed by atoms with E-state index in [1.807, 2.05) is 6.92 Å². The standard InChI is InChI=1S/C22H26FN3O5/c1-2-31-18-11-15(23)6-8-17(18)14-5-7-16(24-12-14)13-25-21(29)19(27)20(28)22(30)26-9-3-4-10-26/h5-8,11-12,19-20,27-28H,2-4,9-10,13H2,1H3,(H,25,29)/t19-,20-/m1/s1. The largest absolute Gasteiger partial charge is 0.493 e. The summed E-state index contributed by atoms with van der Waals surface area (Å²) < 4.78 is 19.0. The summed E-state index contributed by atoms with van der Waals surface area (Å²) in [6.07, 6.45) is -0.415. The fourth-order valence-corrected chi connectivity index (χ4v) is 3.38. The topological polar surface area (TPSA) is 112 Å². The van der Waals surface area contributed by atoms with Crippen LogP contribution in [-0.4, -0.2) is 63.8 Å². The summed E-state index contributed by atoms with van der Waals surface area (Å²) in [6.45, 7) is 3.23. The molecule has 2 amide bonds. The second-order valence-electron chi connectivity index (χ2n) is 7.25. The van der Waals surface area contributed by atoms with Gasteiger partial charge in [-0.15, -0.1) is 0 Å². The summed E-state index contributed by atoms with van der Waals surface area (Å²) in [7, 11) is 0. The van der Waals surface area contributed by atoms with Gasteiger partial charge in [-0.3, -0.25) is 14.6 Å². The fraction of sp³-hybridized carbons (Fsp3) is 0.409. The average molecular weight is 431 g/mol. The van der Waals surface area contributed by atoms with Gasteiger partial charge in [0.25, 0.3) is 11.8 Å². The monoisotopic (exact) mass is 431 g/mol. The molecule has 1 aliphatic heterocycles. The zero-order valence-electron chi connectivity index (χ0n) is 17.3. The molecule has 1 aromatic carbocycles. The predicted molar refractivity (Wildman–Crippen MR) is 110 cm³/mol. The number of amides is 2. The average Bonchev–Trinajstić information content (AvgIpc) is 3.32. The summed E-state index contributed by atoms with van der Waals surface area (Å²) in [5.41, 5.74) is 1.90. The van der Waals surface area contributed by atoms with Crippen molar-refractivity contribution in [3.63, 3.8) is 0 Å². The smallest absolute Gasteiger partial charge is 0.254 e. The molecule has 8 nitrogen and oxygen atoms in total. The van der Waals surface area contributed by atoms with Crippen LogP contribution < -0.4 is 10.1 Å². The van der Waals surface area contributed by atoms with E-state index in [0.717, 1.165) is 12.8 Å². The number of hydrogen-bond donors (Lipinski definition) is 3. The van der Waals surface area contributed by atoms with Gasteiger partial charge in [-0.05, 0) is 38.0 Å². The van der Waals surface area contributed by atoms with Gasteiger partial charge in [-0.1, -0.05) is 6.07 Å². The second-order valence-corrected chi connectivity index (χ2v) is 7.25. The van der Waals surface area contributed by atoms with Crippen LogP contribution in [0.25, 0.3) is 11.1 Å². The van der Waals surface area contributed by atoms with Gasteiger partial charge in [-0.25, -0.2) is 4.39 Å². The molecule has 166 valence electrons. The van der Waals surface area contributed by atoms with Gasteiger partial charge in [0.1, 0.15) is 11.6 Å². The number of likely N-dealkylation sites (tertiary alicyclic amines) is 1. The maximum Gasteiger partial charge on any atom is 0.254 e. The molecular formula is C22H26FN3O5. The third kappa shape index (κ3) is 5.56. The molecule has 0 radical (unpaired) electrons. The van der Waals surface area contributed by atoms with Crippen LogP contribution in [0.3, 0.4) is 0 Å².